The lowest BCUT2D eigenvalue weighted by atomic mass is 10.0. The van der Waals surface area contributed by atoms with Crippen LogP contribution in [0.1, 0.15) is 13.3 Å². The number of thiazole rings is 1. The highest BCUT2D eigenvalue weighted by Crippen LogP contribution is 2.20. The average molecular weight is 241 g/mol. The van der Waals surface area contributed by atoms with Crippen molar-refractivity contribution in [3.05, 3.63) is 11.6 Å². The molecule has 1 aromatic heterocycles. The number of nitrogens with one attached hydrogen (secondary N) is 1. The highest BCUT2D eigenvalue weighted by Gasteiger charge is 2.29. The van der Waals surface area contributed by atoms with Gasteiger partial charge in [0.25, 0.3) is 0 Å². The van der Waals surface area contributed by atoms with Crippen molar-refractivity contribution in [3.63, 3.8) is 0 Å². The summed E-state index contributed by atoms with van der Waals surface area (Å²) in [6.45, 7) is 3.09. The highest BCUT2D eigenvalue weighted by molar-refractivity contribution is 7.13. The minimum absolute atomic E-state index is 0.127. The lowest BCUT2D eigenvalue weighted by molar-refractivity contribution is 0.130. The third-order valence-corrected chi connectivity index (χ3v) is 3.53. The lowest BCUT2D eigenvalue weighted by Crippen LogP contribution is -2.34. The molecular weight excluding hydrogens is 226 g/mol. The maximum absolute atomic E-state index is 11.8. The Bertz CT molecular complexity index is 353. The van der Waals surface area contributed by atoms with Crippen LogP contribution in [0.5, 0.6) is 0 Å². The van der Waals surface area contributed by atoms with Gasteiger partial charge in [0.2, 0.25) is 0 Å². The molecule has 0 radical (unpaired) electrons. The fraction of sp³-hybridized carbons (Fsp3) is 0.600. The number of nitrogens with zero attached hydrogens (tertiary/aromatic N) is 2. The van der Waals surface area contributed by atoms with Crippen molar-refractivity contribution >= 4 is 22.5 Å². The maximum Gasteiger partial charge on any atom is 0.323 e. The summed E-state index contributed by atoms with van der Waals surface area (Å²) in [5.41, 5.74) is 0. The Labute approximate surface area is 98.1 Å². The number of rotatable bonds is 2. The smallest absolute Gasteiger partial charge is 0.323 e. The number of carbonyl (C=O) groups is 1. The Hall–Kier alpha value is -1.14. The van der Waals surface area contributed by atoms with E-state index in [-0.39, 0.29) is 18.1 Å². The largest absolute Gasteiger partial charge is 0.393 e. The van der Waals surface area contributed by atoms with Crippen molar-refractivity contribution in [2.24, 2.45) is 5.92 Å². The second-order valence-electron chi connectivity index (χ2n) is 4.00. The van der Waals surface area contributed by atoms with E-state index in [0.29, 0.717) is 18.2 Å². The normalized spacial score (nSPS) is 22.1. The van der Waals surface area contributed by atoms with Crippen LogP contribution in [-0.2, 0) is 0 Å². The second kappa shape index (κ2) is 4.80. The number of likely N-dealkylation sites (tertiary alicyclic amines) is 1. The van der Waals surface area contributed by atoms with E-state index in [1.165, 1.54) is 11.3 Å². The Morgan fingerprint density at radius 1 is 1.81 bits per heavy atom. The summed E-state index contributed by atoms with van der Waals surface area (Å²) < 4.78 is 0. The molecule has 2 rings (SSSR count). The lowest BCUT2D eigenvalue weighted by Gasteiger charge is -2.17. The molecule has 1 aromatic rings. The second-order valence-corrected chi connectivity index (χ2v) is 4.90. The molecule has 2 atom stereocenters. The van der Waals surface area contributed by atoms with Gasteiger partial charge in [0.1, 0.15) is 0 Å². The third kappa shape index (κ3) is 2.51. The van der Waals surface area contributed by atoms with Crippen molar-refractivity contribution in [1.29, 1.82) is 0 Å². The van der Waals surface area contributed by atoms with Crippen LogP contribution in [0.2, 0.25) is 0 Å². The first-order chi connectivity index (χ1) is 7.66. The molecule has 0 saturated carbocycles. The number of aliphatic hydroxyl groups excluding tert-OH is 1. The van der Waals surface area contributed by atoms with Gasteiger partial charge in [-0.2, -0.15) is 0 Å². The molecule has 2 heterocycles. The zero-order chi connectivity index (χ0) is 11.5. The molecule has 5 nitrogen and oxygen atoms in total. The molecule has 0 bridgehead atoms. The van der Waals surface area contributed by atoms with Gasteiger partial charge in [-0.1, -0.05) is 0 Å². The number of aliphatic hydroxyl groups is 1. The van der Waals surface area contributed by atoms with E-state index in [1.54, 1.807) is 18.0 Å². The molecule has 88 valence electrons. The van der Waals surface area contributed by atoms with Gasteiger partial charge in [-0.3, -0.25) is 5.32 Å². The van der Waals surface area contributed by atoms with Gasteiger partial charge in [0, 0.05) is 30.6 Å². The van der Waals surface area contributed by atoms with Gasteiger partial charge < -0.3 is 10.0 Å². The molecule has 0 aromatic carbocycles. The standard InChI is InChI=1S/C10H15N3O2S/c1-7(14)8-2-4-13(6-8)10(15)12-9-11-3-5-16-9/h3,5,7-8,14H,2,4,6H2,1H3,(H,11,12,15). The van der Waals surface area contributed by atoms with E-state index < -0.39 is 0 Å². The van der Waals surface area contributed by atoms with Crippen LogP contribution in [0.3, 0.4) is 0 Å². The summed E-state index contributed by atoms with van der Waals surface area (Å²) >= 11 is 1.40. The molecule has 1 fully saturated rings. The molecule has 2 unspecified atom stereocenters. The van der Waals surface area contributed by atoms with E-state index >= 15 is 0 Å². The first-order valence-corrected chi connectivity index (χ1v) is 6.18. The maximum atomic E-state index is 11.8. The molecule has 1 aliphatic heterocycles. The summed E-state index contributed by atoms with van der Waals surface area (Å²) in [6.07, 6.45) is 2.17. The summed E-state index contributed by atoms with van der Waals surface area (Å²) in [7, 11) is 0. The van der Waals surface area contributed by atoms with E-state index in [9.17, 15) is 9.90 Å². The topological polar surface area (TPSA) is 65.5 Å². The van der Waals surface area contributed by atoms with Crippen molar-refractivity contribution in [2.75, 3.05) is 18.4 Å². The van der Waals surface area contributed by atoms with Crippen molar-refractivity contribution in [3.8, 4) is 0 Å². The minimum atomic E-state index is -0.349. The predicted molar refractivity (Wildman–Crippen MR) is 62.5 cm³/mol. The number of hydrogen-bond acceptors (Lipinski definition) is 4. The number of anilines is 1. The van der Waals surface area contributed by atoms with Gasteiger partial charge in [-0.15, -0.1) is 11.3 Å². The molecular formula is C10H15N3O2S. The van der Waals surface area contributed by atoms with Gasteiger partial charge in [0.15, 0.2) is 5.13 Å². The molecule has 1 aliphatic rings. The molecule has 0 aliphatic carbocycles. The number of urea groups is 1. The first kappa shape index (κ1) is 11.3. The Balaban J connectivity index is 1.87. The van der Waals surface area contributed by atoms with Crippen LogP contribution in [0, 0.1) is 5.92 Å². The summed E-state index contributed by atoms with van der Waals surface area (Å²) in [5, 5.41) is 14.6. The Morgan fingerprint density at radius 2 is 2.62 bits per heavy atom. The summed E-state index contributed by atoms with van der Waals surface area (Å²) in [4.78, 5) is 17.5. The molecule has 6 heteroatoms. The van der Waals surface area contributed by atoms with Crippen molar-refractivity contribution in [1.82, 2.24) is 9.88 Å². The van der Waals surface area contributed by atoms with Crippen LogP contribution < -0.4 is 5.32 Å². The van der Waals surface area contributed by atoms with Gasteiger partial charge in [-0.25, -0.2) is 9.78 Å². The molecule has 2 amide bonds. The summed E-state index contributed by atoms with van der Waals surface area (Å²) in [5.74, 6) is 0.196. The van der Waals surface area contributed by atoms with E-state index in [4.69, 9.17) is 0 Å². The molecule has 2 N–H and O–H groups in total. The van der Waals surface area contributed by atoms with Crippen LogP contribution in [0.15, 0.2) is 11.6 Å². The third-order valence-electron chi connectivity index (χ3n) is 2.84. The number of amides is 2. The quantitative estimate of drug-likeness (QED) is 0.822. The molecule has 1 saturated heterocycles. The molecule has 16 heavy (non-hydrogen) atoms. The SMILES string of the molecule is CC(O)C1CCN(C(=O)Nc2nccs2)C1. The first-order valence-electron chi connectivity index (χ1n) is 5.30. The van der Waals surface area contributed by atoms with Gasteiger partial charge in [0.05, 0.1) is 6.10 Å². The summed E-state index contributed by atoms with van der Waals surface area (Å²) in [6, 6.07) is -0.127. The number of hydrogen-bond donors (Lipinski definition) is 2. The predicted octanol–water partition coefficient (Wildman–Crippen LogP) is 1.38. The van der Waals surface area contributed by atoms with Crippen LogP contribution in [-0.4, -0.2) is 40.2 Å². The van der Waals surface area contributed by atoms with Gasteiger partial charge >= 0.3 is 6.03 Å². The zero-order valence-electron chi connectivity index (χ0n) is 9.09. The van der Waals surface area contributed by atoms with E-state index in [2.05, 4.69) is 10.3 Å². The number of aromatic nitrogens is 1. The Kier molecular flexibility index (Phi) is 3.40. The number of carbonyl (C=O) groups excluding carboxylic acids is 1. The van der Waals surface area contributed by atoms with Gasteiger partial charge in [-0.05, 0) is 13.3 Å². The van der Waals surface area contributed by atoms with Crippen LogP contribution in [0.25, 0.3) is 0 Å². The highest BCUT2D eigenvalue weighted by atomic mass is 32.1. The van der Waals surface area contributed by atoms with Crippen molar-refractivity contribution in [2.45, 2.75) is 19.4 Å². The zero-order valence-corrected chi connectivity index (χ0v) is 9.91. The molecule has 0 spiro atoms. The fourth-order valence-electron chi connectivity index (χ4n) is 1.82. The fourth-order valence-corrected chi connectivity index (χ4v) is 2.34. The van der Waals surface area contributed by atoms with E-state index in [0.717, 1.165) is 6.42 Å². The van der Waals surface area contributed by atoms with Crippen LogP contribution in [0.4, 0.5) is 9.93 Å². The Morgan fingerprint density at radius 3 is 3.19 bits per heavy atom. The monoisotopic (exact) mass is 241 g/mol. The van der Waals surface area contributed by atoms with Crippen molar-refractivity contribution < 1.29 is 9.90 Å². The van der Waals surface area contributed by atoms with E-state index in [1.807, 2.05) is 5.38 Å². The minimum Gasteiger partial charge on any atom is -0.393 e. The average Bonchev–Trinajstić information content (AvgIpc) is 2.86. The van der Waals surface area contributed by atoms with Crippen LogP contribution >= 0.6 is 11.3 Å².